The Labute approximate surface area is 144 Å². The molecule has 0 aromatic carbocycles. The average molecular weight is 361 g/mol. The van der Waals surface area contributed by atoms with Gasteiger partial charge in [-0.1, -0.05) is 0 Å². The number of alkyl halides is 3. The van der Waals surface area contributed by atoms with Crippen LogP contribution in [0.2, 0.25) is 0 Å². The number of carbonyl (C=O) groups is 2. The molecule has 9 heteroatoms. The number of pyridine rings is 1. The van der Waals surface area contributed by atoms with E-state index in [2.05, 4.69) is 15.6 Å². The monoisotopic (exact) mass is 361 g/mol. The van der Waals surface area contributed by atoms with E-state index in [0.29, 0.717) is 6.20 Å². The molecule has 0 radical (unpaired) electrons. The van der Waals surface area contributed by atoms with Gasteiger partial charge >= 0.3 is 12.3 Å². The quantitative estimate of drug-likeness (QED) is 0.864. The highest BCUT2D eigenvalue weighted by atomic mass is 19.4. The molecule has 0 atom stereocenters. The summed E-state index contributed by atoms with van der Waals surface area (Å²) in [6.45, 7) is 7.96. The van der Waals surface area contributed by atoms with Crippen molar-refractivity contribution in [1.29, 1.82) is 0 Å². The fraction of sp³-hybridized carbons (Fsp3) is 0.562. The average Bonchev–Trinajstić information content (AvgIpc) is 2.41. The van der Waals surface area contributed by atoms with Crippen molar-refractivity contribution in [3.63, 3.8) is 0 Å². The highest BCUT2D eigenvalue weighted by Gasteiger charge is 2.32. The largest absolute Gasteiger partial charge is 0.444 e. The minimum Gasteiger partial charge on any atom is -0.444 e. The molecular weight excluding hydrogens is 339 g/mol. The van der Waals surface area contributed by atoms with E-state index in [1.54, 1.807) is 20.8 Å². The summed E-state index contributed by atoms with van der Waals surface area (Å²) >= 11 is 0. The fourth-order valence-corrected chi connectivity index (χ4v) is 1.70. The molecular formula is C16H22F3N3O3. The molecule has 0 spiro atoms. The van der Waals surface area contributed by atoms with E-state index in [4.69, 9.17) is 4.74 Å². The molecule has 1 aromatic rings. The maximum atomic E-state index is 12.5. The molecule has 140 valence electrons. The summed E-state index contributed by atoms with van der Waals surface area (Å²) in [5.41, 5.74) is -2.58. The van der Waals surface area contributed by atoms with E-state index in [-0.39, 0.29) is 12.2 Å². The van der Waals surface area contributed by atoms with Gasteiger partial charge in [0.25, 0.3) is 0 Å². The standard InChI is InChI=1S/C16H22F3N3O3/c1-14(2,3)25-13(24)22-15(4,5)12(23)21-9-11-7-6-10(8-20-11)16(17,18)19/h6-8H,9H2,1-5H3,(H,21,23)(H,22,24). The maximum absolute atomic E-state index is 12.5. The summed E-state index contributed by atoms with van der Waals surface area (Å²) in [7, 11) is 0. The first-order valence-corrected chi connectivity index (χ1v) is 7.52. The Morgan fingerprint density at radius 2 is 1.72 bits per heavy atom. The van der Waals surface area contributed by atoms with Gasteiger partial charge in [0.2, 0.25) is 5.91 Å². The van der Waals surface area contributed by atoms with E-state index in [1.165, 1.54) is 19.9 Å². The zero-order valence-electron chi connectivity index (χ0n) is 14.7. The van der Waals surface area contributed by atoms with Crippen molar-refractivity contribution in [2.45, 2.75) is 58.5 Å². The second-order valence-corrected chi connectivity index (χ2v) is 6.97. The Morgan fingerprint density at radius 3 is 2.16 bits per heavy atom. The van der Waals surface area contributed by atoms with Crippen LogP contribution >= 0.6 is 0 Å². The first-order valence-electron chi connectivity index (χ1n) is 7.52. The van der Waals surface area contributed by atoms with Gasteiger partial charge in [-0.05, 0) is 46.8 Å². The Kier molecular flexibility index (Phi) is 6.04. The van der Waals surface area contributed by atoms with Gasteiger partial charge < -0.3 is 15.4 Å². The number of nitrogens with zero attached hydrogens (tertiary/aromatic N) is 1. The molecule has 0 aliphatic carbocycles. The number of hydrogen-bond acceptors (Lipinski definition) is 4. The van der Waals surface area contributed by atoms with Crippen molar-refractivity contribution >= 4 is 12.0 Å². The minimum atomic E-state index is -4.46. The van der Waals surface area contributed by atoms with Crippen LogP contribution in [0.3, 0.4) is 0 Å². The van der Waals surface area contributed by atoms with Crippen molar-refractivity contribution in [3.05, 3.63) is 29.6 Å². The van der Waals surface area contributed by atoms with Crippen molar-refractivity contribution in [2.75, 3.05) is 0 Å². The van der Waals surface area contributed by atoms with Crippen LogP contribution < -0.4 is 10.6 Å². The highest BCUT2D eigenvalue weighted by molar-refractivity contribution is 5.89. The van der Waals surface area contributed by atoms with Gasteiger partial charge in [-0.3, -0.25) is 9.78 Å². The first kappa shape index (κ1) is 20.7. The summed E-state index contributed by atoms with van der Waals surface area (Å²) in [4.78, 5) is 27.6. The summed E-state index contributed by atoms with van der Waals surface area (Å²) in [5, 5.41) is 4.95. The number of alkyl carbamates (subject to hydrolysis) is 1. The van der Waals surface area contributed by atoms with Crippen molar-refractivity contribution < 1.29 is 27.5 Å². The van der Waals surface area contributed by atoms with Gasteiger partial charge in [-0.15, -0.1) is 0 Å². The normalized spacial score (nSPS) is 12.5. The Morgan fingerprint density at radius 1 is 1.12 bits per heavy atom. The summed E-state index contributed by atoms with van der Waals surface area (Å²) in [6.07, 6.45) is -4.51. The number of ether oxygens (including phenoxy) is 1. The van der Waals surface area contributed by atoms with Gasteiger partial charge in [0.1, 0.15) is 11.1 Å². The number of carbonyl (C=O) groups excluding carboxylic acids is 2. The fourth-order valence-electron chi connectivity index (χ4n) is 1.70. The lowest BCUT2D eigenvalue weighted by atomic mass is 10.1. The third-order valence-corrected chi connectivity index (χ3v) is 2.96. The van der Waals surface area contributed by atoms with Gasteiger partial charge in [-0.25, -0.2) is 4.79 Å². The number of amides is 2. The van der Waals surface area contributed by atoms with E-state index >= 15 is 0 Å². The van der Waals surface area contributed by atoms with Crippen LogP contribution in [0.5, 0.6) is 0 Å². The van der Waals surface area contributed by atoms with Crippen molar-refractivity contribution in [3.8, 4) is 0 Å². The van der Waals surface area contributed by atoms with Crippen LogP contribution in [-0.4, -0.2) is 28.1 Å². The number of nitrogens with one attached hydrogen (secondary N) is 2. The maximum Gasteiger partial charge on any atom is 0.417 e. The molecule has 2 N–H and O–H groups in total. The van der Waals surface area contributed by atoms with Crippen LogP contribution in [0, 0.1) is 0 Å². The van der Waals surface area contributed by atoms with Gasteiger partial charge in [-0.2, -0.15) is 13.2 Å². The zero-order chi connectivity index (χ0) is 19.5. The molecule has 25 heavy (non-hydrogen) atoms. The van der Waals surface area contributed by atoms with E-state index in [0.717, 1.165) is 6.07 Å². The Hall–Kier alpha value is -2.32. The number of halogens is 3. The van der Waals surface area contributed by atoms with Crippen molar-refractivity contribution in [1.82, 2.24) is 15.6 Å². The smallest absolute Gasteiger partial charge is 0.417 e. The topological polar surface area (TPSA) is 80.3 Å². The molecule has 1 rings (SSSR count). The van der Waals surface area contributed by atoms with Crippen LogP contribution in [-0.2, 0) is 22.3 Å². The zero-order valence-corrected chi connectivity index (χ0v) is 14.7. The van der Waals surface area contributed by atoms with Gasteiger partial charge in [0.15, 0.2) is 0 Å². The summed E-state index contributed by atoms with van der Waals surface area (Å²) in [5.74, 6) is -0.528. The predicted molar refractivity (Wildman–Crippen MR) is 84.5 cm³/mol. The summed E-state index contributed by atoms with van der Waals surface area (Å²) < 4.78 is 42.5. The third kappa shape index (κ3) is 6.98. The Bertz CT molecular complexity index is 620. The molecule has 6 nitrogen and oxygen atoms in total. The second kappa shape index (κ2) is 7.28. The molecule has 1 aromatic heterocycles. The van der Waals surface area contributed by atoms with Crippen LogP contribution in [0.4, 0.5) is 18.0 Å². The molecule has 0 saturated heterocycles. The number of hydrogen-bond donors (Lipinski definition) is 2. The van der Waals surface area contributed by atoms with Gasteiger partial charge in [0.05, 0.1) is 17.8 Å². The Balaban J connectivity index is 2.61. The van der Waals surface area contributed by atoms with E-state index < -0.39 is 34.9 Å². The minimum absolute atomic E-state index is 0.0730. The SMILES string of the molecule is CC(C)(C)OC(=O)NC(C)(C)C(=O)NCc1ccc(C(F)(F)F)cn1. The van der Waals surface area contributed by atoms with E-state index in [9.17, 15) is 22.8 Å². The molecule has 2 amide bonds. The third-order valence-electron chi connectivity index (χ3n) is 2.96. The molecule has 1 heterocycles. The lowest BCUT2D eigenvalue weighted by Crippen LogP contribution is -2.55. The molecule has 0 aliphatic rings. The number of rotatable bonds is 4. The van der Waals surface area contributed by atoms with Crippen LogP contribution in [0.25, 0.3) is 0 Å². The van der Waals surface area contributed by atoms with Crippen LogP contribution in [0.1, 0.15) is 45.9 Å². The lowest BCUT2D eigenvalue weighted by Gasteiger charge is -2.27. The summed E-state index contributed by atoms with van der Waals surface area (Å²) in [6, 6.07) is 2.07. The number of aromatic nitrogens is 1. The molecule has 0 aliphatic heterocycles. The molecule has 0 bridgehead atoms. The lowest BCUT2D eigenvalue weighted by molar-refractivity contribution is -0.137. The molecule has 0 unspecified atom stereocenters. The second-order valence-electron chi connectivity index (χ2n) is 6.97. The highest BCUT2D eigenvalue weighted by Crippen LogP contribution is 2.28. The van der Waals surface area contributed by atoms with Crippen LogP contribution in [0.15, 0.2) is 18.3 Å². The van der Waals surface area contributed by atoms with Crippen molar-refractivity contribution in [2.24, 2.45) is 0 Å². The van der Waals surface area contributed by atoms with E-state index in [1.807, 2.05) is 0 Å². The van der Waals surface area contributed by atoms with Gasteiger partial charge in [0, 0.05) is 6.20 Å². The first-order chi connectivity index (χ1) is 11.2. The predicted octanol–water partition coefficient (Wildman–Crippen LogP) is 3.02. The molecule has 0 fully saturated rings. The molecule has 0 saturated carbocycles.